The van der Waals surface area contributed by atoms with Crippen molar-refractivity contribution in [3.8, 4) is 0 Å². The van der Waals surface area contributed by atoms with Gasteiger partial charge in [0.2, 0.25) is 10.0 Å². The third-order valence-corrected chi connectivity index (χ3v) is 7.23. The Morgan fingerprint density at radius 1 is 1.38 bits per heavy atom. The maximum absolute atomic E-state index is 13.8. The van der Waals surface area contributed by atoms with E-state index in [0.29, 0.717) is 20.4 Å². The third kappa shape index (κ3) is 4.24. The van der Waals surface area contributed by atoms with Crippen LogP contribution >= 0.6 is 33.9 Å². The number of nitrogens with zero attached hydrogens (tertiary/aromatic N) is 2. The highest BCUT2D eigenvalue weighted by Gasteiger charge is 2.39. The molecular weight excluding hydrogens is 530 g/mol. The lowest BCUT2D eigenvalue weighted by Gasteiger charge is -2.33. The van der Waals surface area contributed by atoms with Crippen molar-refractivity contribution in [1.82, 2.24) is 4.31 Å². The first-order chi connectivity index (χ1) is 13.7. The van der Waals surface area contributed by atoms with E-state index in [-0.39, 0.29) is 17.1 Å². The summed E-state index contributed by atoms with van der Waals surface area (Å²) in [4.78, 5) is 18.0. The number of alkyl halides is 1. The highest BCUT2D eigenvalue weighted by atomic mass is 127. The summed E-state index contributed by atoms with van der Waals surface area (Å²) in [5.74, 6) is -0.850. The smallest absolute Gasteiger partial charge is 0.338 e. The number of esters is 1. The molecule has 1 atom stereocenters. The first-order valence-corrected chi connectivity index (χ1v) is 12.7. The highest BCUT2D eigenvalue weighted by Crippen LogP contribution is 2.39. The van der Waals surface area contributed by atoms with Gasteiger partial charge < -0.3 is 4.74 Å². The molecule has 1 aliphatic rings. The number of benzene rings is 1. The Bertz CT molecular complexity index is 1110. The van der Waals surface area contributed by atoms with Gasteiger partial charge in [0.25, 0.3) is 0 Å². The Balaban J connectivity index is 2.33. The number of ether oxygens (including phenoxy) is 1. The largest absolute Gasteiger partial charge is 0.466 e. The molecule has 0 aliphatic carbocycles. The van der Waals surface area contributed by atoms with Gasteiger partial charge in [0.15, 0.2) is 5.84 Å². The lowest BCUT2D eigenvalue weighted by Crippen LogP contribution is -2.40. The van der Waals surface area contributed by atoms with Crippen LogP contribution in [0.25, 0.3) is 0 Å². The molecule has 2 aromatic rings. The molecule has 0 bridgehead atoms. The van der Waals surface area contributed by atoms with Crippen LogP contribution in [0.2, 0.25) is 0 Å². The molecule has 0 radical (unpaired) electrons. The van der Waals surface area contributed by atoms with Gasteiger partial charge >= 0.3 is 5.97 Å². The quantitative estimate of drug-likeness (QED) is 0.321. The summed E-state index contributed by atoms with van der Waals surface area (Å²) in [6.07, 6.45) is 1.06. The molecule has 2 heterocycles. The van der Waals surface area contributed by atoms with E-state index in [0.717, 1.165) is 10.6 Å². The van der Waals surface area contributed by atoms with E-state index in [2.05, 4.69) is 27.6 Å². The summed E-state index contributed by atoms with van der Waals surface area (Å²) in [5, 5.41) is 1.82. The molecule has 0 unspecified atom stereocenters. The van der Waals surface area contributed by atoms with Crippen molar-refractivity contribution in [2.24, 2.45) is 4.99 Å². The minimum absolute atomic E-state index is 0.107. The van der Waals surface area contributed by atoms with Crippen molar-refractivity contribution in [1.29, 1.82) is 0 Å². The Hall–Kier alpha value is -1.79. The number of sulfonamides is 1. The molecular formula is C19H18FIN2O4S2. The molecule has 0 spiro atoms. The maximum atomic E-state index is 13.8. The van der Waals surface area contributed by atoms with Crippen molar-refractivity contribution in [3.05, 3.63) is 68.8 Å². The molecule has 10 heteroatoms. The lowest BCUT2D eigenvalue weighted by molar-refractivity contribution is -0.136. The van der Waals surface area contributed by atoms with Crippen LogP contribution in [0, 0.1) is 5.82 Å². The number of carbonyl (C=O) groups is 1. The molecule has 1 aliphatic heterocycles. The van der Waals surface area contributed by atoms with Crippen LogP contribution in [0.5, 0.6) is 0 Å². The zero-order valence-electron chi connectivity index (χ0n) is 15.8. The van der Waals surface area contributed by atoms with Crippen LogP contribution in [-0.2, 0) is 24.0 Å². The Morgan fingerprint density at radius 2 is 2.10 bits per heavy atom. The number of carbonyl (C=O) groups excluding carboxylic acids is 1. The van der Waals surface area contributed by atoms with Crippen molar-refractivity contribution >= 4 is 55.8 Å². The lowest BCUT2D eigenvalue weighted by atomic mass is 9.92. The fourth-order valence-electron chi connectivity index (χ4n) is 3.23. The topological polar surface area (TPSA) is 76.0 Å². The van der Waals surface area contributed by atoms with Crippen LogP contribution in [0.1, 0.15) is 29.0 Å². The summed E-state index contributed by atoms with van der Waals surface area (Å²) < 4.78 is 45.4. The SMILES string of the molecule is COC(=O)C1=C(C)N(S(C)(=O)=O)C(c2cccs2)=N[C@@H]1c1ccc(F)cc1CI. The average molecular weight is 548 g/mol. The molecule has 1 aromatic heterocycles. The number of methoxy groups -OCH3 is 1. The number of hydrogen-bond acceptors (Lipinski definition) is 6. The van der Waals surface area contributed by atoms with Crippen LogP contribution in [-0.4, -0.2) is 37.9 Å². The molecule has 6 nitrogen and oxygen atoms in total. The molecule has 0 saturated carbocycles. The minimum Gasteiger partial charge on any atom is -0.466 e. The van der Waals surface area contributed by atoms with E-state index in [1.165, 1.54) is 30.6 Å². The van der Waals surface area contributed by atoms with Gasteiger partial charge in [0.05, 0.1) is 23.8 Å². The summed E-state index contributed by atoms with van der Waals surface area (Å²) in [6.45, 7) is 1.55. The molecule has 0 N–H and O–H groups in total. The van der Waals surface area contributed by atoms with Gasteiger partial charge in [0.1, 0.15) is 11.9 Å². The second-order valence-corrected chi connectivity index (χ2v) is 9.87. The fourth-order valence-corrected chi connectivity index (χ4v) is 5.72. The van der Waals surface area contributed by atoms with Gasteiger partial charge in [0, 0.05) is 10.1 Å². The number of allylic oxidation sites excluding steroid dienone is 1. The zero-order chi connectivity index (χ0) is 21.3. The van der Waals surface area contributed by atoms with E-state index in [4.69, 9.17) is 4.74 Å². The normalized spacial score (nSPS) is 17.3. The maximum Gasteiger partial charge on any atom is 0.338 e. The highest BCUT2D eigenvalue weighted by molar-refractivity contribution is 14.1. The van der Waals surface area contributed by atoms with Crippen LogP contribution in [0.15, 0.2) is 52.0 Å². The summed E-state index contributed by atoms with van der Waals surface area (Å²) in [7, 11) is -2.54. The van der Waals surface area contributed by atoms with E-state index in [1.807, 2.05) is 5.38 Å². The molecule has 0 fully saturated rings. The monoisotopic (exact) mass is 548 g/mol. The Kier molecular flexibility index (Phi) is 6.44. The summed E-state index contributed by atoms with van der Waals surface area (Å²) in [6, 6.07) is 7.02. The Labute approximate surface area is 186 Å². The average Bonchev–Trinajstić information content (AvgIpc) is 3.20. The fraction of sp³-hybridized carbons (Fsp3) is 0.263. The van der Waals surface area contributed by atoms with Crippen LogP contribution < -0.4 is 0 Å². The standard InChI is InChI=1S/C19H18FIN2O4S2/c1-11-16(19(24)27-2)17(14-7-6-13(20)9-12(14)10-21)22-18(15-5-4-8-28-15)23(11)29(3,25)26/h4-9,17H,10H2,1-3H3/t17-/m1/s1. The molecule has 3 rings (SSSR count). The van der Waals surface area contributed by atoms with Gasteiger partial charge in [-0.2, -0.15) is 0 Å². The molecule has 0 amide bonds. The molecule has 1 aromatic carbocycles. The van der Waals surface area contributed by atoms with Crippen LogP contribution in [0.3, 0.4) is 0 Å². The predicted octanol–water partition coefficient (Wildman–Crippen LogP) is 4.03. The van der Waals surface area contributed by atoms with Crippen LogP contribution in [0.4, 0.5) is 4.39 Å². The van der Waals surface area contributed by atoms with Gasteiger partial charge in [-0.25, -0.2) is 21.9 Å². The molecule has 154 valence electrons. The number of halogens is 2. The van der Waals surface area contributed by atoms with Crippen molar-refractivity contribution < 1.29 is 22.3 Å². The first-order valence-electron chi connectivity index (χ1n) is 8.44. The summed E-state index contributed by atoms with van der Waals surface area (Å²) >= 11 is 3.45. The third-order valence-electron chi connectivity index (χ3n) is 4.43. The molecule has 29 heavy (non-hydrogen) atoms. The van der Waals surface area contributed by atoms with Gasteiger partial charge in [-0.3, -0.25) is 4.99 Å². The molecule has 0 saturated heterocycles. The first kappa shape index (κ1) is 21.9. The van der Waals surface area contributed by atoms with Gasteiger partial charge in [-0.1, -0.05) is 34.7 Å². The second kappa shape index (κ2) is 8.52. The van der Waals surface area contributed by atoms with Crippen molar-refractivity contribution in [3.63, 3.8) is 0 Å². The number of thiophene rings is 1. The van der Waals surface area contributed by atoms with E-state index < -0.39 is 27.9 Å². The number of amidine groups is 1. The number of hydrogen-bond donors (Lipinski definition) is 0. The second-order valence-electron chi connectivity index (χ2n) is 6.33. The van der Waals surface area contributed by atoms with E-state index >= 15 is 0 Å². The zero-order valence-corrected chi connectivity index (χ0v) is 19.6. The van der Waals surface area contributed by atoms with Crippen molar-refractivity contribution in [2.75, 3.05) is 13.4 Å². The Morgan fingerprint density at radius 3 is 2.66 bits per heavy atom. The number of rotatable bonds is 5. The van der Waals surface area contributed by atoms with Gasteiger partial charge in [-0.15, -0.1) is 11.3 Å². The minimum atomic E-state index is -3.77. The van der Waals surface area contributed by atoms with E-state index in [1.54, 1.807) is 25.1 Å². The van der Waals surface area contributed by atoms with Gasteiger partial charge in [-0.05, 0) is 41.6 Å². The summed E-state index contributed by atoms with van der Waals surface area (Å²) in [5.41, 5.74) is 1.62. The van der Waals surface area contributed by atoms with E-state index in [9.17, 15) is 17.6 Å². The number of aliphatic imine (C=N–C) groups is 1. The van der Waals surface area contributed by atoms with Crippen molar-refractivity contribution in [2.45, 2.75) is 17.4 Å². The predicted molar refractivity (Wildman–Crippen MR) is 119 cm³/mol.